The maximum Gasteiger partial charge on any atom is -0.369 e. The molecule has 0 aliphatic heterocycles. The topological polar surface area (TPSA) is 263 Å². The van der Waals surface area contributed by atoms with Crippen LogP contribution >= 0.6 is 0 Å². The minimum atomic E-state index is -9.38. The van der Waals surface area contributed by atoms with E-state index in [1.807, 2.05) is 0 Å². The third kappa shape index (κ3) is 0.826. The molecule has 0 fully saturated rings. The zero-order valence-electron chi connectivity index (χ0n) is 9.99. The van der Waals surface area contributed by atoms with Gasteiger partial charge >= 0.3 is 88.8 Å². The summed E-state index contributed by atoms with van der Waals surface area (Å²) in [5, 5.41) is 72.4. The molecule has 0 heterocycles. The van der Waals surface area contributed by atoms with Crippen molar-refractivity contribution in [2.24, 2.45) is 0 Å². The van der Waals surface area contributed by atoms with Crippen LogP contribution in [0.5, 0.6) is 0 Å². The van der Waals surface area contributed by atoms with Crippen LogP contribution in [0.3, 0.4) is 0 Å². The molecule has 0 aromatic rings. The molecule has 0 spiro atoms. The molecule has 0 radical (unpaired) electrons. The van der Waals surface area contributed by atoms with Crippen molar-refractivity contribution < 1.29 is 11.1 Å². The molecule has 0 saturated carbocycles. The fraction of sp³-hybridized carbons (Fsp3) is 0. The molecule has 11 heteroatoms. The number of nitrogens with zero attached hydrogens (tertiary/aromatic N) is 8. The van der Waals surface area contributed by atoms with E-state index in [4.69, 9.17) is 42.1 Å². The van der Waals surface area contributed by atoms with Crippen molar-refractivity contribution in [3.8, 4) is 35.7 Å². The molecule has 8 N–H and O–H groups in total. The third-order valence-corrected chi connectivity index (χ3v) is 15.1. The number of nitriles is 8. The van der Waals surface area contributed by atoms with Crippen LogP contribution in [0.2, 0.25) is 0 Å². The number of rotatable bonds is 0. The van der Waals surface area contributed by atoms with Crippen LogP contribution in [0.15, 0.2) is 0 Å². The van der Waals surface area contributed by atoms with Gasteiger partial charge in [-0.2, -0.15) is 0 Å². The Bertz CT molecular complexity index is 618. The van der Waals surface area contributed by atoms with Gasteiger partial charge in [0.05, 0.1) is 0 Å². The van der Waals surface area contributed by atoms with Gasteiger partial charge in [0.25, 0.3) is 0 Å². The Labute approximate surface area is 101 Å². The third-order valence-electron chi connectivity index (χ3n) is 2.56. The monoisotopic (exact) mass is 342 g/mol. The van der Waals surface area contributed by atoms with E-state index >= 15 is 0 Å². The first-order chi connectivity index (χ1) is 7.66. The van der Waals surface area contributed by atoms with Crippen LogP contribution in [0.4, 0.5) is 0 Å². The van der Waals surface area contributed by atoms with Gasteiger partial charge in [-0.05, 0) is 0 Å². The molecule has 0 aliphatic carbocycles. The summed E-state index contributed by atoms with van der Waals surface area (Å²) in [6.45, 7) is 0. The van der Waals surface area contributed by atoms with E-state index in [1.165, 1.54) is 0 Å². The first kappa shape index (κ1) is 20.9. The Hall–Kier alpha value is -3.47. The Morgan fingerprint density at radius 3 is 0.474 bits per heavy atom. The first-order valence-electron chi connectivity index (χ1n) is 3.42. The second-order valence-corrected chi connectivity index (χ2v) is 21.2. The minimum absolute atomic E-state index is 0. The number of quaternary nitrogens is 2. The van der Waals surface area contributed by atoms with E-state index in [9.17, 15) is 0 Å². The van der Waals surface area contributed by atoms with E-state index in [1.54, 1.807) is 0 Å². The molecule has 0 rings (SSSR count). The molecule has 96 valence electrons. The van der Waals surface area contributed by atoms with Crippen LogP contribution in [-0.4, -0.2) is 0 Å². The zero-order valence-corrected chi connectivity index (χ0v) is 12.0. The molecule has 0 aliphatic rings. The maximum atomic E-state index is 9.05. The van der Waals surface area contributed by atoms with Crippen molar-refractivity contribution in [3.05, 3.63) is 0 Å². The molecule has 0 aromatic carbocycles. The molecule has 0 bridgehead atoms. The summed E-state index contributed by atoms with van der Waals surface area (Å²) in [4.78, 5) is 0. The predicted molar refractivity (Wildman–Crippen MR) is 56.9 cm³/mol. The van der Waals surface area contributed by atoms with Crippen molar-refractivity contribution in [2.75, 3.05) is 0 Å². The van der Waals surface area contributed by atoms with Crippen LogP contribution in [0.1, 0.15) is 0 Å². The SMILES string of the molecule is N#[C][Mo-2]([C]#N)([C]#N)([C]#N)([C]#N)([C]#N)([C]#N)[C]#N.[NH4+].[NH4+]. The largest absolute Gasteiger partial charge is 0.369 e. The van der Waals surface area contributed by atoms with Crippen molar-refractivity contribution in [1.82, 2.24) is 12.3 Å². The van der Waals surface area contributed by atoms with Gasteiger partial charge in [0, 0.05) is 0 Å². The standard InChI is InChI=1S/8CN.Mo.2H3N/c8*1-2;;;/h;;;;;;;;;2*1H3/q;;;;;;;;-2;;/p+2. The van der Waals surface area contributed by atoms with E-state index in [0.29, 0.717) is 35.7 Å². The van der Waals surface area contributed by atoms with E-state index < -0.39 is 11.1 Å². The van der Waals surface area contributed by atoms with Crippen LogP contribution < -0.4 is 12.3 Å². The van der Waals surface area contributed by atoms with Gasteiger partial charge in [-0.15, -0.1) is 0 Å². The Balaban J connectivity index is -0.00000128. The van der Waals surface area contributed by atoms with Crippen molar-refractivity contribution in [3.63, 3.8) is 0 Å². The van der Waals surface area contributed by atoms with Crippen molar-refractivity contribution >= 4 is 0 Å². The summed E-state index contributed by atoms with van der Waals surface area (Å²) in [6.07, 6.45) is 0. The smallest absolute Gasteiger partial charge is 0.369 e. The predicted octanol–water partition coefficient (Wildman–Crippen LogP) is 0.884. The second-order valence-electron chi connectivity index (χ2n) is 3.59. The van der Waals surface area contributed by atoms with E-state index in [2.05, 4.69) is 0 Å². The second kappa shape index (κ2) is 2.51. The summed E-state index contributed by atoms with van der Waals surface area (Å²) in [5.41, 5.74) is 0. The summed E-state index contributed by atoms with van der Waals surface area (Å²) < 4.78 is 5.26. The molecular formula is C8H8MoN10. The fourth-order valence-electron chi connectivity index (χ4n) is 0.572. The molecule has 19 heavy (non-hydrogen) atoms. The fourth-order valence-corrected chi connectivity index (χ4v) is 3.38. The molecule has 0 atom stereocenters. The summed E-state index contributed by atoms with van der Waals surface area (Å²) >= 11 is -9.38. The number of hydrogen-bond acceptors (Lipinski definition) is 8. The van der Waals surface area contributed by atoms with Crippen LogP contribution in [0.25, 0.3) is 0 Å². The Morgan fingerprint density at radius 1 is 0.368 bits per heavy atom. The Morgan fingerprint density at radius 2 is 0.474 bits per heavy atom. The average Bonchev–Trinajstić information content (AvgIpc) is 2.48. The van der Waals surface area contributed by atoms with E-state index in [-0.39, 0.29) is 12.3 Å². The van der Waals surface area contributed by atoms with Gasteiger partial charge in [0.15, 0.2) is 0 Å². The van der Waals surface area contributed by atoms with Crippen LogP contribution in [0, 0.1) is 77.8 Å². The van der Waals surface area contributed by atoms with Gasteiger partial charge < -0.3 is 12.3 Å². The molecule has 10 nitrogen and oxygen atoms in total. The summed E-state index contributed by atoms with van der Waals surface area (Å²) in [6, 6.07) is 0. The van der Waals surface area contributed by atoms with E-state index in [0.717, 1.165) is 0 Å². The molecular weight excluding hydrogens is 332 g/mol. The Kier molecular flexibility index (Phi) is 2.76. The number of hydrogen-bond donors (Lipinski definition) is 2. The van der Waals surface area contributed by atoms with Gasteiger partial charge in [0.1, 0.15) is 0 Å². The normalized spacial score (nSPS) is 15.6. The summed E-state index contributed by atoms with van der Waals surface area (Å²) in [7, 11) is 0. The van der Waals surface area contributed by atoms with Gasteiger partial charge in [-0.3, -0.25) is 0 Å². The molecule has 0 aromatic heterocycles. The quantitative estimate of drug-likeness (QED) is 0.595. The summed E-state index contributed by atoms with van der Waals surface area (Å²) in [5.74, 6) is 0. The van der Waals surface area contributed by atoms with Gasteiger partial charge in [-0.1, -0.05) is 0 Å². The molecule has 0 unspecified atom stereocenters. The first-order valence-corrected chi connectivity index (χ1v) is 11.4. The van der Waals surface area contributed by atoms with Crippen LogP contribution in [-0.2, 0) is 11.1 Å². The van der Waals surface area contributed by atoms with Crippen molar-refractivity contribution in [1.29, 1.82) is 42.1 Å². The average molecular weight is 340 g/mol. The zero-order chi connectivity index (χ0) is 14.0. The van der Waals surface area contributed by atoms with Gasteiger partial charge in [0.2, 0.25) is 0 Å². The molecule has 0 amide bonds. The van der Waals surface area contributed by atoms with Crippen molar-refractivity contribution in [2.45, 2.75) is 0 Å². The molecule has 0 saturated heterocycles. The minimum Gasteiger partial charge on any atom is -0.369 e. The van der Waals surface area contributed by atoms with Gasteiger partial charge in [-0.25, -0.2) is 0 Å². The maximum absolute atomic E-state index is 9.38.